The van der Waals surface area contributed by atoms with Gasteiger partial charge in [-0.3, -0.25) is 0 Å². The summed E-state index contributed by atoms with van der Waals surface area (Å²) in [7, 11) is -3.70. The number of halogens is 2. The summed E-state index contributed by atoms with van der Waals surface area (Å²) in [6, 6.07) is 9.87. The van der Waals surface area contributed by atoms with Crippen molar-refractivity contribution < 1.29 is 13.2 Å². The smallest absolute Gasteiger partial charge is 0.245 e. The first-order valence-electron chi connectivity index (χ1n) is 8.51. The molecule has 8 heteroatoms. The summed E-state index contributed by atoms with van der Waals surface area (Å²) >= 11 is 12.1. The first-order chi connectivity index (χ1) is 12.4. The molecular weight excluding hydrogens is 395 g/mol. The van der Waals surface area contributed by atoms with E-state index in [1.54, 1.807) is 16.6 Å². The van der Waals surface area contributed by atoms with Crippen LogP contribution >= 0.6 is 23.2 Å². The van der Waals surface area contributed by atoms with Gasteiger partial charge in [-0.05, 0) is 37.1 Å². The number of ether oxygens (including phenoxy) is 1. The molecule has 138 valence electrons. The van der Waals surface area contributed by atoms with Crippen LogP contribution < -0.4 is 4.74 Å². The van der Waals surface area contributed by atoms with Crippen LogP contribution in [-0.4, -0.2) is 35.9 Å². The van der Waals surface area contributed by atoms with Gasteiger partial charge in [-0.15, -0.1) is 0 Å². The molecule has 0 amide bonds. The molecule has 1 aromatic carbocycles. The van der Waals surface area contributed by atoms with Crippen molar-refractivity contribution in [3.05, 3.63) is 52.6 Å². The fraction of sp³-hybridized carbons (Fsp3) is 0.389. The summed E-state index contributed by atoms with van der Waals surface area (Å²) < 4.78 is 34.0. The molecular formula is C18H18Cl2N2O3S. The van der Waals surface area contributed by atoms with Crippen LogP contribution in [0.25, 0.3) is 0 Å². The highest BCUT2D eigenvalue weighted by atomic mass is 35.5. The molecule has 0 radical (unpaired) electrons. The van der Waals surface area contributed by atoms with E-state index >= 15 is 0 Å². The van der Waals surface area contributed by atoms with Gasteiger partial charge in [0.15, 0.2) is 0 Å². The SMILES string of the molecule is O=S(=O)(c1cc(Cl)ccc1Cl)N1C2CCC1CC(Oc1ccccn1)C2. The molecule has 2 fully saturated rings. The zero-order chi connectivity index (χ0) is 18.3. The number of aromatic nitrogens is 1. The largest absolute Gasteiger partial charge is 0.474 e. The zero-order valence-corrected chi connectivity index (χ0v) is 16.2. The number of nitrogens with zero attached hydrogens (tertiary/aromatic N) is 2. The fourth-order valence-corrected chi connectivity index (χ4v) is 6.58. The Balaban J connectivity index is 1.57. The number of fused-ring (bicyclic) bond motifs is 2. The van der Waals surface area contributed by atoms with Gasteiger partial charge in [-0.1, -0.05) is 29.3 Å². The maximum atomic E-state index is 13.2. The minimum atomic E-state index is -3.70. The van der Waals surface area contributed by atoms with E-state index in [-0.39, 0.29) is 28.1 Å². The van der Waals surface area contributed by atoms with Crippen LogP contribution in [0.3, 0.4) is 0 Å². The first kappa shape index (κ1) is 18.0. The number of hydrogen-bond donors (Lipinski definition) is 0. The summed E-state index contributed by atoms with van der Waals surface area (Å²) in [6.07, 6.45) is 4.58. The minimum Gasteiger partial charge on any atom is -0.474 e. The van der Waals surface area contributed by atoms with Gasteiger partial charge in [0.1, 0.15) is 11.0 Å². The van der Waals surface area contributed by atoms with Crippen molar-refractivity contribution in [2.75, 3.05) is 0 Å². The summed E-state index contributed by atoms with van der Waals surface area (Å²) in [5, 5.41) is 0.550. The second-order valence-electron chi connectivity index (χ2n) is 6.67. The number of piperidine rings is 1. The van der Waals surface area contributed by atoms with Gasteiger partial charge in [-0.2, -0.15) is 4.31 Å². The zero-order valence-electron chi connectivity index (χ0n) is 13.9. The molecule has 2 bridgehead atoms. The highest BCUT2D eigenvalue weighted by Crippen LogP contribution is 2.42. The molecule has 2 aromatic rings. The number of rotatable bonds is 4. The molecule has 4 rings (SSSR count). The average molecular weight is 413 g/mol. The van der Waals surface area contributed by atoms with Crippen LogP contribution in [-0.2, 0) is 10.0 Å². The van der Waals surface area contributed by atoms with Gasteiger partial charge in [0.05, 0.1) is 5.02 Å². The van der Waals surface area contributed by atoms with Crippen molar-refractivity contribution in [1.29, 1.82) is 0 Å². The van der Waals surface area contributed by atoms with Gasteiger partial charge < -0.3 is 4.74 Å². The Morgan fingerprint density at radius 2 is 1.81 bits per heavy atom. The van der Waals surface area contributed by atoms with Crippen LogP contribution in [0.1, 0.15) is 25.7 Å². The number of hydrogen-bond acceptors (Lipinski definition) is 4. The van der Waals surface area contributed by atoms with Crippen molar-refractivity contribution in [1.82, 2.24) is 9.29 Å². The van der Waals surface area contributed by atoms with E-state index in [0.717, 1.165) is 12.8 Å². The molecule has 1 aromatic heterocycles. The van der Waals surface area contributed by atoms with Gasteiger partial charge in [-0.25, -0.2) is 13.4 Å². The quantitative estimate of drug-likeness (QED) is 0.756. The average Bonchev–Trinajstić information content (AvgIpc) is 2.90. The van der Waals surface area contributed by atoms with Crippen LogP contribution in [0.4, 0.5) is 0 Å². The number of benzene rings is 1. The fourth-order valence-electron chi connectivity index (χ4n) is 3.95. The number of pyridine rings is 1. The van der Waals surface area contributed by atoms with E-state index < -0.39 is 10.0 Å². The van der Waals surface area contributed by atoms with Gasteiger partial charge in [0, 0.05) is 42.2 Å². The predicted molar refractivity (Wildman–Crippen MR) is 100 cm³/mol. The third-order valence-corrected chi connectivity index (χ3v) is 7.72. The molecule has 2 unspecified atom stereocenters. The van der Waals surface area contributed by atoms with Crippen molar-refractivity contribution in [3.8, 4) is 5.88 Å². The third-order valence-electron chi connectivity index (χ3n) is 5.00. The van der Waals surface area contributed by atoms with Gasteiger partial charge in [0.2, 0.25) is 15.9 Å². The monoisotopic (exact) mass is 412 g/mol. The van der Waals surface area contributed by atoms with E-state index in [1.165, 1.54) is 12.1 Å². The lowest BCUT2D eigenvalue weighted by atomic mass is 10.0. The lowest BCUT2D eigenvalue weighted by Gasteiger charge is -2.37. The second-order valence-corrected chi connectivity index (χ2v) is 9.33. The maximum absolute atomic E-state index is 13.2. The number of sulfonamides is 1. The van der Waals surface area contributed by atoms with Crippen molar-refractivity contribution in [2.24, 2.45) is 0 Å². The van der Waals surface area contributed by atoms with Gasteiger partial charge in [0.25, 0.3) is 0 Å². The molecule has 5 nitrogen and oxygen atoms in total. The summed E-state index contributed by atoms with van der Waals surface area (Å²) in [5.74, 6) is 0.575. The molecule has 2 atom stereocenters. The Labute approximate surface area is 162 Å². The van der Waals surface area contributed by atoms with Crippen LogP contribution in [0, 0.1) is 0 Å². The molecule has 0 saturated carbocycles. The van der Waals surface area contributed by atoms with E-state index in [4.69, 9.17) is 27.9 Å². The first-order valence-corrected chi connectivity index (χ1v) is 10.7. The normalized spacial score (nSPS) is 26.0. The Kier molecular flexibility index (Phi) is 4.86. The predicted octanol–water partition coefficient (Wildman–Crippen LogP) is 4.15. The Bertz CT molecular complexity index is 894. The van der Waals surface area contributed by atoms with Crippen molar-refractivity contribution in [2.45, 2.75) is 48.8 Å². The third kappa shape index (κ3) is 3.31. The van der Waals surface area contributed by atoms with Crippen LogP contribution in [0.15, 0.2) is 47.5 Å². The van der Waals surface area contributed by atoms with E-state index in [9.17, 15) is 8.42 Å². The van der Waals surface area contributed by atoms with Crippen molar-refractivity contribution >= 4 is 33.2 Å². The molecule has 0 N–H and O–H groups in total. The Morgan fingerprint density at radius 1 is 1.08 bits per heavy atom. The topological polar surface area (TPSA) is 59.5 Å². The Hall–Kier alpha value is -1.34. The molecule has 26 heavy (non-hydrogen) atoms. The summed E-state index contributed by atoms with van der Waals surface area (Å²) in [6.45, 7) is 0. The second kappa shape index (κ2) is 7.00. The lowest BCUT2D eigenvalue weighted by molar-refractivity contribution is 0.0918. The van der Waals surface area contributed by atoms with E-state index in [2.05, 4.69) is 4.98 Å². The van der Waals surface area contributed by atoms with Crippen molar-refractivity contribution in [3.63, 3.8) is 0 Å². The maximum Gasteiger partial charge on any atom is 0.245 e. The molecule has 3 heterocycles. The van der Waals surface area contributed by atoms with E-state index in [0.29, 0.717) is 23.7 Å². The van der Waals surface area contributed by atoms with Gasteiger partial charge >= 0.3 is 0 Å². The lowest BCUT2D eigenvalue weighted by Crippen LogP contribution is -2.49. The summed E-state index contributed by atoms with van der Waals surface area (Å²) in [5.41, 5.74) is 0. The molecule has 2 saturated heterocycles. The molecule has 0 aliphatic carbocycles. The molecule has 2 aliphatic rings. The standard InChI is InChI=1S/C18H18Cl2N2O3S/c19-12-4-7-16(20)17(9-12)26(23,24)22-13-5-6-14(22)11-15(10-13)25-18-3-1-2-8-21-18/h1-4,7-9,13-15H,5-6,10-11H2. The van der Waals surface area contributed by atoms with Crippen LogP contribution in [0.5, 0.6) is 5.88 Å². The molecule has 0 spiro atoms. The Morgan fingerprint density at radius 3 is 2.46 bits per heavy atom. The summed E-state index contributed by atoms with van der Waals surface area (Å²) in [4.78, 5) is 4.27. The molecule has 2 aliphatic heterocycles. The van der Waals surface area contributed by atoms with E-state index in [1.807, 2.05) is 18.2 Å². The highest BCUT2D eigenvalue weighted by Gasteiger charge is 2.48. The van der Waals surface area contributed by atoms with Crippen LogP contribution in [0.2, 0.25) is 10.0 Å². The minimum absolute atomic E-state index is 0.0383. The highest BCUT2D eigenvalue weighted by molar-refractivity contribution is 7.89.